The van der Waals surface area contributed by atoms with Gasteiger partial charge in [0.15, 0.2) is 0 Å². The van der Waals surface area contributed by atoms with Crippen LogP contribution >= 0.6 is 27.5 Å². The number of benzene rings is 1. The van der Waals surface area contributed by atoms with Gasteiger partial charge in [-0.15, -0.1) is 0 Å². The van der Waals surface area contributed by atoms with Crippen LogP contribution in [0.4, 0.5) is 0 Å². The van der Waals surface area contributed by atoms with Gasteiger partial charge in [-0.25, -0.2) is 5.48 Å². The van der Waals surface area contributed by atoms with Crippen molar-refractivity contribution in [1.29, 1.82) is 0 Å². The molecule has 0 saturated carbocycles. The second-order valence-corrected chi connectivity index (χ2v) is 3.39. The van der Waals surface area contributed by atoms with Crippen molar-refractivity contribution in [2.75, 3.05) is 0 Å². The van der Waals surface area contributed by atoms with Crippen molar-refractivity contribution in [1.82, 2.24) is 5.48 Å². The Morgan fingerprint density at radius 2 is 2.25 bits per heavy atom. The molecule has 0 aliphatic carbocycles. The largest absolute Gasteiger partial charge is 0.288 e. The Balaban J connectivity index is 3.09. The van der Waals surface area contributed by atoms with Crippen molar-refractivity contribution < 1.29 is 10.0 Å². The fourth-order valence-corrected chi connectivity index (χ4v) is 1.49. The molecule has 0 unspecified atom stereocenters. The molecule has 0 aliphatic rings. The highest BCUT2D eigenvalue weighted by atomic mass is 79.9. The SMILES string of the molecule is O=C(NO)c1ccc(Br)cc1Cl. The summed E-state index contributed by atoms with van der Waals surface area (Å²) in [6, 6.07) is 4.75. The van der Waals surface area contributed by atoms with Crippen molar-refractivity contribution in [3.05, 3.63) is 33.3 Å². The molecule has 3 nitrogen and oxygen atoms in total. The van der Waals surface area contributed by atoms with Crippen molar-refractivity contribution >= 4 is 33.4 Å². The first-order valence-electron chi connectivity index (χ1n) is 3.04. The molecule has 5 heteroatoms. The highest BCUT2D eigenvalue weighted by molar-refractivity contribution is 9.10. The molecule has 1 rings (SSSR count). The van der Waals surface area contributed by atoms with E-state index in [4.69, 9.17) is 16.8 Å². The van der Waals surface area contributed by atoms with Gasteiger partial charge in [-0.3, -0.25) is 10.0 Å². The fourth-order valence-electron chi connectivity index (χ4n) is 0.734. The van der Waals surface area contributed by atoms with Gasteiger partial charge in [0.1, 0.15) is 0 Å². The molecule has 0 radical (unpaired) electrons. The molecule has 0 aliphatic heterocycles. The summed E-state index contributed by atoms with van der Waals surface area (Å²) in [6.07, 6.45) is 0. The summed E-state index contributed by atoms with van der Waals surface area (Å²) in [7, 11) is 0. The van der Waals surface area contributed by atoms with Crippen molar-refractivity contribution in [3.63, 3.8) is 0 Å². The smallest absolute Gasteiger partial charge is 0.276 e. The lowest BCUT2D eigenvalue weighted by molar-refractivity contribution is 0.0706. The van der Waals surface area contributed by atoms with Crippen molar-refractivity contribution in [3.8, 4) is 0 Å². The molecule has 1 amide bonds. The zero-order valence-corrected chi connectivity index (χ0v) is 8.19. The molecule has 12 heavy (non-hydrogen) atoms. The van der Waals surface area contributed by atoms with Crippen molar-refractivity contribution in [2.45, 2.75) is 0 Å². The minimum absolute atomic E-state index is 0.238. The number of hydrogen-bond acceptors (Lipinski definition) is 2. The quantitative estimate of drug-likeness (QED) is 0.593. The zero-order chi connectivity index (χ0) is 9.14. The van der Waals surface area contributed by atoms with Gasteiger partial charge in [-0.1, -0.05) is 27.5 Å². The van der Waals surface area contributed by atoms with Crippen LogP contribution in [-0.4, -0.2) is 11.1 Å². The zero-order valence-electron chi connectivity index (χ0n) is 5.84. The molecule has 0 heterocycles. The van der Waals surface area contributed by atoms with Gasteiger partial charge < -0.3 is 0 Å². The molecule has 0 bridgehead atoms. The van der Waals surface area contributed by atoms with E-state index in [2.05, 4.69) is 15.9 Å². The third-order valence-electron chi connectivity index (χ3n) is 1.28. The predicted octanol–water partition coefficient (Wildman–Crippen LogP) is 2.22. The van der Waals surface area contributed by atoms with Gasteiger partial charge in [0, 0.05) is 4.47 Å². The summed E-state index contributed by atoms with van der Waals surface area (Å²) < 4.78 is 0.780. The van der Waals surface area contributed by atoms with Crippen LogP contribution in [-0.2, 0) is 0 Å². The summed E-state index contributed by atoms with van der Waals surface area (Å²) in [4.78, 5) is 10.9. The highest BCUT2D eigenvalue weighted by Gasteiger charge is 2.08. The molecule has 1 aromatic rings. The number of rotatable bonds is 1. The van der Waals surface area contributed by atoms with Gasteiger partial charge in [0.25, 0.3) is 5.91 Å². The minimum atomic E-state index is -0.618. The normalized spacial score (nSPS) is 9.58. The lowest BCUT2D eigenvalue weighted by atomic mass is 10.2. The van der Waals surface area contributed by atoms with Gasteiger partial charge in [-0.05, 0) is 18.2 Å². The van der Waals surface area contributed by atoms with Gasteiger partial charge >= 0.3 is 0 Å². The van der Waals surface area contributed by atoms with E-state index in [1.807, 2.05) is 0 Å². The summed E-state index contributed by atoms with van der Waals surface area (Å²) >= 11 is 8.89. The molecule has 0 fully saturated rings. The van der Waals surface area contributed by atoms with Gasteiger partial charge in [0.05, 0.1) is 10.6 Å². The van der Waals surface area contributed by atoms with Crippen LogP contribution < -0.4 is 5.48 Å². The van der Waals surface area contributed by atoms with Crippen LogP contribution in [0.5, 0.6) is 0 Å². The van der Waals surface area contributed by atoms with Crippen LogP contribution in [0.2, 0.25) is 5.02 Å². The first kappa shape index (κ1) is 9.51. The molecule has 1 aromatic carbocycles. The van der Waals surface area contributed by atoms with Crippen LogP contribution in [0.15, 0.2) is 22.7 Å². The van der Waals surface area contributed by atoms with E-state index in [-0.39, 0.29) is 10.6 Å². The summed E-state index contributed by atoms with van der Waals surface area (Å²) in [5.74, 6) is -0.618. The number of hydrogen-bond donors (Lipinski definition) is 2. The Labute approximate surface area is 82.4 Å². The lowest BCUT2D eigenvalue weighted by Gasteiger charge is -2.01. The van der Waals surface area contributed by atoms with Crippen LogP contribution in [0.3, 0.4) is 0 Å². The first-order valence-corrected chi connectivity index (χ1v) is 4.21. The monoisotopic (exact) mass is 249 g/mol. The van der Waals surface area contributed by atoms with E-state index < -0.39 is 5.91 Å². The molecule has 64 valence electrons. The lowest BCUT2D eigenvalue weighted by Crippen LogP contribution is -2.18. The van der Waals surface area contributed by atoms with Crippen LogP contribution in [0.1, 0.15) is 10.4 Å². The van der Waals surface area contributed by atoms with Gasteiger partial charge in [0.2, 0.25) is 0 Å². The third kappa shape index (κ3) is 1.97. The minimum Gasteiger partial charge on any atom is -0.288 e. The Morgan fingerprint density at radius 3 is 2.75 bits per heavy atom. The van der Waals surface area contributed by atoms with E-state index in [1.54, 1.807) is 12.1 Å². The van der Waals surface area contributed by atoms with Crippen molar-refractivity contribution in [2.24, 2.45) is 0 Å². The first-order chi connectivity index (χ1) is 5.65. The molecule has 0 spiro atoms. The molecular weight excluding hydrogens is 245 g/mol. The standard InChI is InChI=1S/C7H5BrClNO2/c8-4-1-2-5(6(9)3-4)7(11)10-12/h1-3,12H,(H,10,11). The van der Waals surface area contributed by atoms with Crippen LogP contribution in [0, 0.1) is 0 Å². The van der Waals surface area contributed by atoms with E-state index in [0.29, 0.717) is 0 Å². The number of hydroxylamine groups is 1. The number of nitrogens with one attached hydrogen (secondary N) is 1. The Hall–Kier alpha value is -0.580. The number of carbonyl (C=O) groups excluding carboxylic acids is 1. The molecule has 0 aromatic heterocycles. The maximum absolute atomic E-state index is 10.9. The van der Waals surface area contributed by atoms with E-state index in [9.17, 15) is 4.79 Å². The second kappa shape index (κ2) is 3.89. The number of carbonyl (C=O) groups is 1. The Bertz CT molecular complexity index is 316. The van der Waals surface area contributed by atoms with E-state index in [0.717, 1.165) is 4.47 Å². The topological polar surface area (TPSA) is 49.3 Å². The van der Waals surface area contributed by atoms with Crippen LogP contribution in [0.25, 0.3) is 0 Å². The molecular formula is C7H5BrClNO2. The number of amides is 1. The van der Waals surface area contributed by atoms with E-state index in [1.165, 1.54) is 11.5 Å². The van der Waals surface area contributed by atoms with E-state index >= 15 is 0 Å². The van der Waals surface area contributed by atoms with Gasteiger partial charge in [-0.2, -0.15) is 0 Å². The highest BCUT2D eigenvalue weighted by Crippen LogP contribution is 2.20. The maximum atomic E-state index is 10.9. The third-order valence-corrected chi connectivity index (χ3v) is 2.08. The fraction of sp³-hybridized carbons (Fsp3) is 0. The average molecular weight is 250 g/mol. The summed E-state index contributed by atoms with van der Waals surface area (Å²) in [5.41, 5.74) is 1.74. The number of halogens is 2. The average Bonchev–Trinajstić information content (AvgIpc) is 2.03. The Kier molecular flexibility index (Phi) is 3.08. The summed E-state index contributed by atoms with van der Waals surface area (Å²) in [6.45, 7) is 0. The molecule has 2 N–H and O–H groups in total. The maximum Gasteiger partial charge on any atom is 0.276 e. The molecule has 0 atom stereocenters. The second-order valence-electron chi connectivity index (χ2n) is 2.07. The summed E-state index contributed by atoms with van der Waals surface area (Å²) in [5, 5.41) is 8.60. The molecule has 0 saturated heterocycles. The predicted molar refractivity (Wildman–Crippen MR) is 48.4 cm³/mol. The Morgan fingerprint density at radius 1 is 1.58 bits per heavy atom.